The Balaban J connectivity index is 2.23. The first-order chi connectivity index (χ1) is 9.13. The number of hydrogen-bond acceptors (Lipinski definition) is 3. The molecule has 19 heavy (non-hydrogen) atoms. The van der Waals surface area contributed by atoms with Crippen LogP contribution in [0.4, 0.5) is 0 Å². The number of nitrogens with one attached hydrogen (secondary N) is 1. The number of aliphatic hydroxyl groups is 1. The quantitative estimate of drug-likeness (QED) is 0.756. The fourth-order valence-electron chi connectivity index (χ4n) is 1.62. The molecule has 0 heterocycles. The Labute approximate surface area is 114 Å². The molecule has 0 spiro atoms. The van der Waals surface area contributed by atoms with Crippen LogP contribution in [0.5, 0.6) is 5.75 Å². The van der Waals surface area contributed by atoms with Crippen molar-refractivity contribution in [3.63, 3.8) is 0 Å². The van der Waals surface area contributed by atoms with E-state index in [1.54, 1.807) is 0 Å². The lowest BCUT2D eigenvalue weighted by molar-refractivity contribution is -0.121. The number of carbonyl (C=O) groups is 1. The number of rotatable bonds is 8. The van der Waals surface area contributed by atoms with Crippen molar-refractivity contribution in [1.29, 1.82) is 0 Å². The van der Waals surface area contributed by atoms with Gasteiger partial charge in [0.25, 0.3) is 0 Å². The first-order valence-corrected chi connectivity index (χ1v) is 6.76. The molecule has 0 saturated carbocycles. The van der Waals surface area contributed by atoms with Gasteiger partial charge in [-0.25, -0.2) is 0 Å². The lowest BCUT2D eigenvalue weighted by Crippen LogP contribution is -2.35. The van der Waals surface area contributed by atoms with Crippen LogP contribution in [0.3, 0.4) is 0 Å². The molecule has 1 atom stereocenters. The molecule has 0 aliphatic heterocycles. The van der Waals surface area contributed by atoms with E-state index < -0.39 is 6.10 Å². The van der Waals surface area contributed by atoms with Crippen LogP contribution < -0.4 is 10.1 Å². The molecule has 4 nitrogen and oxygen atoms in total. The van der Waals surface area contributed by atoms with E-state index in [9.17, 15) is 9.90 Å². The van der Waals surface area contributed by atoms with Crippen LogP contribution in [0.1, 0.15) is 31.7 Å². The van der Waals surface area contributed by atoms with Crippen LogP contribution in [0, 0.1) is 6.92 Å². The third-order valence-corrected chi connectivity index (χ3v) is 2.82. The van der Waals surface area contributed by atoms with E-state index in [0.29, 0.717) is 6.42 Å². The molecular formula is C15H23NO3. The van der Waals surface area contributed by atoms with Gasteiger partial charge in [-0.1, -0.05) is 31.5 Å². The van der Waals surface area contributed by atoms with Crippen LogP contribution in [-0.4, -0.2) is 30.3 Å². The first kappa shape index (κ1) is 15.5. The van der Waals surface area contributed by atoms with Gasteiger partial charge in [-0.15, -0.1) is 0 Å². The van der Waals surface area contributed by atoms with Gasteiger partial charge in [0.1, 0.15) is 18.5 Å². The maximum atomic E-state index is 11.4. The molecule has 1 aromatic rings. The second-order valence-corrected chi connectivity index (χ2v) is 4.64. The molecule has 1 unspecified atom stereocenters. The van der Waals surface area contributed by atoms with Crippen LogP contribution in [0.25, 0.3) is 0 Å². The standard InChI is InChI=1S/C15H23NO3/c1-3-4-9-15(18)16-10-13(17)11-19-14-8-6-5-7-12(14)2/h5-8,13,17H,3-4,9-11H2,1-2H3,(H,16,18). The van der Waals surface area contributed by atoms with E-state index in [-0.39, 0.29) is 19.1 Å². The molecule has 1 rings (SSSR count). The summed E-state index contributed by atoms with van der Waals surface area (Å²) in [6.07, 6.45) is 1.70. The normalized spacial score (nSPS) is 11.9. The zero-order valence-electron chi connectivity index (χ0n) is 11.7. The number of aryl methyl sites for hydroxylation is 1. The topological polar surface area (TPSA) is 58.6 Å². The highest BCUT2D eigenvalue weighted by atomic mass is 16.5. The van der Waals surface area contributed by atoms with Gasteiger partial charge in [0.2, 0.25) is 5.91 Å². The number of benzene rings is 1. The van der Waals surface area contributed by atoms with E-state index >= 15 is 0 Å². The summed E-state index contributed by atoms with van der Waals surface area (Å²) in [6.45, 7) is 4.40. The van der Waals surface area contributed by atoms with E-state index in [1.807, 2.05) is 38.1 Å². The lowest BCUT2D eigenvalue weighted by atomic mass is 10.2. The summed E-state index contributed by atoms with van der Waals surface area (Å²) >= 11 is 0. The van der Waals surface area contributed by atoms with Crippen molar-refractivity contribution < 1.29 is 14.6 Å². The van der Waals surface area contributed by atoms with Gasteiger partial charge in [0, 0.05) is 13.0 Å². The minimum Gasteiger partial charge on any atom is -0.491 e. The van der Waals surface area contributed by atoms with E-state index in [2.05, 4.69) is 5.32 Å². The Kier molecular flexibility index (Phi) is 6.97. The van der Waals surface area contributed by atoms with Gasteiger partial charge in [-0.05, 0) is 25.0 Å². The van der Waals surface area contributed by atoms with Gasteiger partial charge in [-0.2, -0.15) is 0 Å². The summed E-state index contributed by atoms with van der Waals surface area (Å²) in [5.74, 6) is 0.746. The molecule has 0 aromatic heterocycles. The molecule has 0 aliphatic rings. The van der Waals surface area contributed by atoms with E-state index in [1.165, 1.54) is 0 Å². The Bertz CT molecular complexity index is 393. The molecule has 1 aromatic carbocycles. The van der Waals surface area contributed by atoms with Crippen LogP contribution in [0.15, 0.2) is 24.3 Å². The van der Waals surface area contributed by atoms with Crippen molar-refractivity contribution in [3.8, 4) is 5.75 Å². The summed E-state index contributed by atoms with van der Waals surface area (Å²) in [6, 6.07) is 7.64. The number of carbonyl (C=O) groups excluding carboxylic acids is 1. The lowest BCUT2D eigenvalue weighted by Gasteiger charge is -2.14. The molecule has 106 valence electrons. The summed E-state index contributed by atoms with van der Waals surface area (Å²) in [7, 11) is 0. The maximum Gasteiger partial charge on any atom is 0.220 e. The Morgan fingerprint density at radius 2 is 2.16 bits per heavy atom. The monoisotopic (exact) mass is 265 g/mol. The molecule has 4 heteroatoms. The molecular weight excluding hydrogens is 242 g/mol. The summed E-state index contributed by atoms with van der Waals surface area (Å²) in [5.41, 5.74) is 1.03. The van der Waals surface area contributed by atoms with Crippen LogP contribution in [-0.2, 0) is 4.79 Å². The van der Waals surface area contributed by atoms with Gasteiger partial charge >= 0.3 is 0 Å². The van der Waals surface area contributed by atoms with Crippen molar-refractivity contribution in [3.05, 3.63) is 29.8 Å². The number of aliphatic hydroxyl groups excluding tert-OH is 1. The second kappa shape index (κ2) is 8.53. The smallest absolute Gasteiger partial charge is 0.220 e. The second-order valence-electron chi connectivity index (χ2n) is 4.64. The van der Waals surface area contributed by atoms with E-state index in [4.69, 9.17) is 4.74 Å². The fraction of sp³-hybridized carbons (Fsp3) is 0.533. The predicted octanol–water partition coefficient (Wildman–Crippen LogP) is 2.04. The zero-order chi connectivity index (χ0) is 14.1. The Morgan fingerprint density at radius 3 is 2.84 bits per heavy atom. The molecule has 0 saturated heterocycles. The van der Waals surface area contributed by atoms with Gasteiger partial charge in [0.05, 0.1) is 0 Å². The van der Waals surface area contributed by atoms with Gasteiger partial charge in [-0.3, -0.25) is 4.79 Å². The molecule has 1 amide bonds. The summed E-state index contributed by atoms with van der Waals surface area (Å²) < 4.78 is 5.51. The number of hydrogen-bond donors (Lipinski definition) is 2. The van der Waals surface area contributed by atoms with Crippen LogP contribution in [0.2, 0.25) is 0 Å². The van der Waals surface area contributed by atoms with Crippen molar-refractivity contribution in [1.82, 2.24) is 5.32 Å². The van der Waals surface area contributed by atoms with Crippen molar-refractivity contribution in [2.24, 2.45) is 0 Å². The number of unbranched alkanes of at least 4 members (excludes halogenated alkanes) is 1. The highest BCUT2D eigenvalue weighted by Crippen LogP contribution is 2.16. The summed E-state index contributed by atoms with van der Waals surface area (Å²) in [4.78, 5) is 11.4. The molecule has 0 aliphatic carbocycles. The van der Waals surface area contributed by atoms with Gasteiger partial charge in [0.15, 0.2) is 0 Å². The molecule has 0 bridgehead atoms. The first-order valence-electron chi connectivity index (χ1n) is 6.76. The predicted molar refractivity (Wildman–Crippen MR) is 75.2 cm³/mol. The highest BCUT2D eigenvalue weighted by Gasteiger charge is 2.08. The highest BCUT2D eigenvalue weighted by molar-refractivity contribution is 5.75. The average molecular weight is 265 g/mol. The third kappa shape index (κ3) is 6.25. The molecule has 2 N–H and O–H groups in total. The minimum absolute atomic E-state index is 0.0169. The maximum absolute atomic E-state index is 11.4. The summed E-state index contributed by atoms with van der Waals surface area (Å²) in [5, 5.41) is 12.4. The zero-order valence-corrected chi connectivity index (χ0v) is 11.7. The third-order valence-electron chi connectivity index (χ3n) is 2.82. The minimum atomic E-state index is -0.690. The molecule has 0 radical (unpaired) electrons. The number of amides is 1. The SMILES string of the molecule is CCCCC(=O)NCC(O)COc1ccccc1C. The average Bonchev–Trinajstić information content (AvgIpc) is 2.42. The van der Waals surface area contributed by atoms with Crippen LogP contribution >= 0.6 is 0 Å². The Morgan fingerprint density at radius 1 is 1.42 bits per heavy atom. The van der Waals surface area contributed by atoms with Crippen molar-refractivity contribution >= 4 is 5.91 Å². The number of ether oxygens (including phenoxy) is 1. The van der Waals surface area contributed by atoms with E-state index in [0.717, 1.165) is 24.2 Å². The number of para-hydroxylation sites is 1. The Hall–Kier alpha value is -1.55. The van der Waals surface area contributed by atoms with Gasteiger partial charge < -0.3 is 15.2 Å². The largest absolute Gasteiger partial charge is 0.491 e. The van der Waals surface area contributed by atoms with Crippen molar-refractivity contribution in [2.75, 3.05) is 13.2 Å². The van der Waals surface area contributed by atoms with Crippen molar-refractivity contribution in [2.45, 2.75) is 39.2 Å². The molecule has 0 fully saturated rings. The fourth-order valence-corrected chi connectivity index (χ4v) is 1.62.